The number of hydrogen-bond donors (Lipinski definition) is 2. The Labute approximate surface area is 164 Å². The van der Waals surface area contributed by atoms with Crippen molar-refractivity contribution in [2.75, 3.05) is 23.8 Å². The molecule has 1 aliphatic heterocycles. The number of aromatic nitrogens is 5. The Morgan fingerprint density at radius 1 is 1.10 bits per heavy atom. The van der Waals surface area contributed by atoms with Gasteiger partial charge in [-0.05, 0) is 24.3 Å². The first kappa shape index (κ1) is 17.2. The van der Waals surface area contributed by atoms with E-state index >= 15 is 0 Å². The Morgan fingerprint density at radius 2 is 2.03 bits per heavy atom. The van der Waals surface area contributed by atoms with Crippen molar-refractivity contribution in [1.82, 2.24) is 24.6 Å². The Kier molecular flexibility index (Phi) is 4.28. The van der Waals surface area contributed by atoms with E-state index in [0.29, 0.717) is 53.4 Å². The number of pyridine rings is 1. The molecule has 0 spiro atoms. The van der Waals surface area contributed by atoms with Crippen molar-refractivity contribution in [3.8, 4) is 11.5 Å². The lowest BCUT2D eigenvalue weighted by Crippen LogP contribution is -2.18. The summed E-state index contributed by atoms with van der Waals surface area (Å²) in [4.78, 5) is 8.65. The maximum atomic E-state index is 14.4. The average Bonchev–Trinajstić information content (AvgIpc) is 3.26. The molecule has 146 valence electrons. The summed E-state index contributed by atoms with van der Waals surface area (Å²) in [7, 11) is 0. The molecule has 3 aromatic heterocycles. The minimum atomic E-state index is -0.382. The van der Waals surface area contributed by atoms with Crippen LogP contribution in [0.5, 0.6) is 11.5 Å². The number of halogens is 1. The zero-order valence-corrected chi connectivity index (χ0v) is 15.2. The van der Waals surface area contributed by atoms with E-state index < -0.39 is 0 Å². The van der Waals surface area contributed by atoms with E-state index in [-0.39, 0.29) is 12.4 Å². The number of ether oxygens (including phenoxy) is 2. The molecule has 4 heterocycles. The van der Waals surface area contributed by atoms with E-state index in [1.54, 1.807) is 29.2 Å². The van der Waals surface area contributed by atoms with E-state index in [4.69, 9.17) is 9.47 Å². The van der Waals surface area contributed by atoms with Gasteiger partial charge in [-0.25, -0.2) is 14.4 Å². The third-order valence-electron chi connectivity index (χ3n) is 4.44. The van der Waals surface area contributed by atoms with Gasteiger partial charge in [-0.1, -0.05) is 6.07 Å². The second-order valence-corrected chi connectivity index (χ2v) is 6.26. The number of fused-ring (bicyclic) bond motifs is 2. The Morgan fingerprint density at radius 3 is 2.93 bits per heavy atom. The fourth-order valence-electron chi connectivity index (χ4n) is 3.09. The normalized spacial score (nSPS) is 12.7. The zero-order valence-electron chi connectivity index (χ0n) is 15.2. The third-order valence-corrected chi connectivity index (χ3v) is 4.44. The summed E-state index contributed by atoms with van der Waals surface area (Å²) in [5.41, 5.74) is 0.866. The first-order chi connectivity index (χ1) is 14.3. The lowest BCUT2D eigenvalue weighted by atomic mass is 10.1. The highest BCUT2D eigenvalue weighted by Gasteiger charge is 2.20. The van der Waals surface area contributed by atoms with Crippen molar-refractivity contribution in [2.45, 2.75) is 6.54 Å². The molecule has 0 saturated heterocycles. The summed E-state index contributed by atoms with van der Waals surface area (Å²) in [5.74, 6) is 2.34. The van der Waals surface area contributed by atoms with Crippen molar-refractivity contribution in [2.24, 2.45) is 0 Å². The van der Waals surface area contributed by atoms with Crippen LogP contribution in [-0.4, -0.2) is 37.8 Å². The number of rotatable bonds is 5. The van der Waals surface area contributed by atoms with Gasteiger partial charge in [0.2, 0.25) is 5.65 Å². The molecule has 0 amide bonds. The largest absolute Gasteiger partial charge is 0.486 e. The summed E-state index contributed by atoms with van der Waals surface area (Å²) in [6, 6.07) is 8.49. The molecule has 0 bridgehead atoms. The summed E-state index contributed by atoms with van der Waals surface area (Å²) < 4.78 is 27.3. The van der Waals surface area contributed by atoms with Crippen LogP contribution in [-0.2, 0) is 6.54 Å². The van der Waals surface area contributed by atoms with Gasteiger partial charge >= 0.3 is 0 Å². The summed E-state index contributed by atoms with van der Waals surface area (Å²) in [6.45, 7) is 0.975. The number of nitrogens with zero attached hydrogens (tertiary/aromatic N) is 5. The lowest BCUT2D eigenvalue weighted by molar-refractivity contribution is 0.169. The van der Waals surface area contributed by atoms with Gasteiger partial charge in [-0.3, -0.25) is 4.40 Å². The summed E-state index contributed by atoms with van der Waals surface area (Å²) in [5, 5.41) is 14.4. The monoisotopic (exact) mass is 393 g/mol. The molecule has 29 heavy (non-hydrogen) atoms. The first-order valence-corrected chi connectivity index (χ1v) is 8.97. The fraction of sp³-hybridized carbons (Fsp3) is 0.158. The molecule has 1 aliphatic rings. The SMILES string of the molecule is Fc1ccc2c(c1CNc1ncc(Nc3ccccn3)n3cnnc13)OCCO2. The highest BCUT2D eigenvalue weighted by Crippen LogP contribution is 2.35. The third kappa shape index (κ3) is 3.24. The second-order valence-electron chi connectivity index (χ2n) is 6.26. The van der Waals surface area contributed by atoms with Crippen LogP contribution in [0.15, 0.2) is 49.1 Å². The molecular weight excluding hydrogens is 377 g/mol. The standard InChI is InChI=1S/C19H16FN7O2/c20-13-4-5-14-17(29-8-7-28-14)12(13)9-22-18-19-26-24-11-27(19)16(10-23-18)25-15-3-1-2-6-21-15/h1-6,10-11H,7-9H2,(H,21,25)(H,22,23). The Bertz CT molecular complexity index is 1170. The molecular formula is C19H16FN7O2. The Balaban J connectivity index is 1.43. The minimum Gasteiger partial charge on any atom is -0.486 e. The predicted molar refractivity (Wildman–Crippen MR) is 103 cm³/mol. The lowest BCUT2D eigenvalue weighted by Gasteiger charge is -2.21. The molecule has 0 aliphatic carbocycles. The molecule has 9 nitrogen and oxygen atoms in total. The molecule has 0 saturated carbocycles. The molecule has 0 unspecified atom stereocenters. The van der Waals surface area contributed by atoms with E-state index in [1.165, 1.54) is 6.07 Å². The maximum absolute atomic E-state index is 14.4. The van der Waals surface area contributed by atoms with Crippen molar-refractivity contribution in [3.63, 3.8) is 0 Å². The number of nitrogens with one attached hydrogen (secondary N) is 2. The van der Waals surface area contributed by atoms with Crippen LogP contribution in [0, 0.1) is 5.82 Å². The van der Waals surface area contributed by atoms with Gasteiger partial charge in [0.1, 0.15) is 37.0 Å². The molecule has 5 rings (SSSR count). The average molecular weight is 393 g/mol. The molecule has 1 aromatic carbocycles. The maximum Gasteiger partial charge on any atom is 0.205 e. The van der Waals surface area contributed by atoms with Gasteiger partial charge in [0.15, 0.2) is 17.3 Å². The van der Waals surface area contributed by atoms with Crippen LogP contribution in [0.25, 0.3) is 5.65 Å². The number of anilines is 3. The van der Waals surface area contributed by atoms with Gasteiger partial charge in [0.25, 0.3) is 0 Å². The quantitative estimate of drug-likeness (QED) is 0.534. The van der Waals surface area contributed by atoms with Gasteiger partial charge in [0, 0.05) is 12.7 Å². The Hall–Kier alpha value is -3.95. The van der Waals surface area contributed by atoms with Crippen LogP contribution < -0.4 is 20.1 Å². The van der Waals surface area contributed by atoms with Crippen LogP contribution in [0.4, 0.5) is 21.8 Å². The predicted octanol–water partition coefficient (Wildman–Crippen LogP) is 2.79. The van der Waals surface area contributed by atoms with Crippen LogP contribution in [0.3, 0.4) is 0 Å². The summed E-state index contributed by atoms with van der Waals surface area (Å²) >= 11 is 0. The van der Waals surface area contributed by atoms with E-state index in [9.17, 15) is 4.39 Å². The van der Waals surface area contributed by atoms with Crippen LogP contribution in [0.2, 0.25) is 0 Å². The van der Waals surface area contributed by atoms with Crippen molar-refractivity contribution >= 4 is 23.1 Å². The van der Waals surface area contributed by atoms with E-state index in [1.807, 2.05) is 18.2 Å². The van der Waals surface area contributed by atoms with Crippen molar-refractivity contribution < 1.29 is 13.9 Å². The zero-order chi connectivity index (χ0) is 19.6. The van der Waals surface area contributed by atoms with E-state index in [0.717, 1.165) is 0 Å². The van der Waals surface area contributed by atoms with Gasteiger partial charge in [0.05, 0.1) is 11.8 Å². The summed E-state index contributed by atoms with van der Waals surface area (Å²) in [6.07, 6.45) is 4.88. The van der Waals surface area contributed by atoms with Crippen molar-refractivity contribution in [3.05, 3.63) is 60.4 Å². The van der Waals surface area contributed by atoms with E-state index in [2.05, 4.69) is 30.8 Å². The topological polar surface area (TPSA) is 98.5 Å². The molecule has 0 atom stereocenters. The van der Waals surface area contributed by atoms with Gasteiger partial charge < -0.3 is 20.1 Å². The van der Waals surface area contributed by atoms with Crippen LogP contribution >= 0.6 is 0 Å². The molecule has 0 fully saturated rings. The minimum absolute atomic E-state index is 0.154. The molecule has 0 radical (unpaired) electrons. The molecule has 2 N–H and O–H groups in total. The van der Waals surface area contributed by atoms with Crippen LogP contribution in [0.1, 0.15) is 5.56 Å². The second kappa shape index (κ2) is 7.23. The fourth-order valence-corrected chi connectivity index (χ4v) is 3.09. The highest BCUT2D eigenvalue weighted by atomic mass is 19.1. The molecule has 10 heteroatoms. The first-order valence-electron chi connectivity index (χ1n) is 8.97. The van der Waals surface area contributed by atoms with Gasteiger partial charge in [-0.15, -0.1) is 10.2 Å². The number of benzene rings is 1. The highest BCUT2D eigenvalue weighted by molar-refractivity contribution is 5.67. The van der Waals surface area contributed by atoms with Gasteiger partial charge in [-0.2, -0.15) is 0 Å². The van der Waals surface area contributed by atoms with Crippen molar-refractivity contribution in [1.29, 1.82) is 0 Å². The number of hydrogen-bond acceptors (Lipinski definition) is 8. The molecule has 4 aromatic rings. The smallest absolute Gasteiger partial charge is 0.205 e.